The molecule has 0 saturated carbocycles. The number of nitrogens with zero attached hydrogens (tertiary/aromatic N) is 3. The maximum Gasteiger partial charge on any atom is 0.0998 e. The average Bonchev–Trinajstić information content (AvgIpc) is 3.16. The molecule has 0 atom stereocenters. The van der Waals surface area contributed by atoms with Gasteiger partial charge in [0.2, 0.25) is 0 Å². The second kappa shape index (κ2) is 8.10. The highest BCUT2D eigenvalue weighted by Gasteiger charge is 2.21. The summed E-state index contributed by atoms with van der Waals surface area (Å²) in [7, 11) is 0. The Balaban J connectivity index is 1.88. The molecule has 2 aromatic heterocycles. The molecule has 0 amide bonds. The lowest BCUT2D eigenvalue weighted by Gasteiger charge is -2.20. The minimum atomic E-state index is 0.0406. The summed E-state index contributed by atoms with van der Waals surface area (Å²) in [6.45, 7) is 13.5. The summed E-state index contributed by atoms with van der Waals surface area (Å²) in [4.78, 5) is 4.16. The van der Waals surface area contributed by atoms with Crippen molar-refractivity contribution in [3.63, 3.8) is 0 Å². The molecule has 35 heavy (non-hydrogen) atoms. The van der Waals surface area contributed by atoms with Gasteiger partial charge < -0.3 is 4.57 Å². The van der Waals surface area contributed by atoms with Gasteiger partial charge in [0.05, 0.1) is 22.7 Å². The van der Waals surface area contributed by atoms with Gasteiger partial charge in [-0.3, -0.25) is 4.98 Å². The highest BCUT2D eigenvalue weighted by molar-refractivity contribution is 6.09. The molecule has 5 aromatic rings. The summed E-state index contributed by atoms with van der Waals surface area (Å²) >= 11 is 0. The fourth-order valence-corrected chi connectivity index (χ4v) is 4.77. The summed E-state index contributed by atoms with van der Waals surface area (Å²) < 4.78 is 2.36. The molecule has 174 valence electrons. The van der Waals surface area contributed by atoms with E-state index in [4.69, 9.17) is 0 Å². The number of hydrogen-bond donors (Lipinski definition) is 0. The predicted molar refractivity (Wildman–Crippen MR) is 146 cm³/mol. The van der Waals surface area contributed by atoms with Crippen molar-refractivity contribution in [1.82, 2.24) is 9.55 Å². The van der Waals surface area contributed by atoms with Crippen molar-refractivity contribution in [3.05, 3.63) is 95.8 Å². The molecule has 3 heteroatoms. The Labute approximate surface area is 207 Å². The molecule has 0 N–H and O–H groups in total. The molecule has 0 aliphatic carbocycles. The molecule has 3 aromatic carbocycles. The van der Waals surface area contributed by atoms with Gasteiger partial charge in [-0.1, -0.05) is 65.8 Å². The van der Waals surface area contributed by atoms with E-state index in [1.807, 2.05) is 18.2 Å². The van der Waals surface area contributed by atoms with Crippen molar-refractivity contribution in [2.75, 3.05) is 0 Å². The summed E-state index contributed by atoms with van der Waals surface area (Å²) in [5.41, 5.74) is 8.66. The molecule has 0 fully saturated rings. The first-order chi connectivity index (χ1) is 16.6. The first kappa shape index (κ1) is 22.9. The second-order valence-corrected chi connectivity index (χ2v) is 11.4. The Kier molecular flexibility index (Phi) is 5.29. The Morgan fingerprint density at radius 3 is 1.71 bits per heavy atom. The van der Waals surface area contributed by atoms with Gasteiger partial charge in [-0.25, -0.2) is 0 Å². The Morgan fingerprint density at radius 1 is 0.686 bits per heavy atom. The third-order valence-electron chi connectivity index (χ3n) is 6.87. The lowest BCUT2D eigenvalue weighted by Crippen LogP contribution is -2.11. The minimum absolute atomic E-state index is 0.0406. The van der Waals surface area contributed by atoms with E-state index in [0.717, 1.165) is 16.8 Å². The van der Waals surface area contributed by atoms with Crippen LogP contribution in [0.15, 0.2) is 79.1 Å². The molecule has 0 radical (unpaired) electrons. The van der Waals surface area contributed by atoms with Gasteiger partial charge >= 0.3 is 0 Å². The van der Waals surface area contributed by atoms with E-state index in [-0.39, 0.29) is 10.8 Å². The third-order valence-corrected chi connectivity index (χ3v) is 6.87. The third kappa shape index (κ3) is 4.00. The summed E-state index contributed by atoms with van der Waals surface area (Å²) in [6, 6.07) is 26.1. The largest absolute Gasteiger partial charge is 0.309 e. The molecule has 0 aliphatic heterocycles. The molecule has 0 unspecified atom stereocenters. The van der Waals surface area contributed by atoms with Gasteiger partial charge in [-0.2, -0.15) is 5.26 Å². The van der Waals surface area contributed by atoms with Crippen LogP contribution in [-0.2, 0) is 10.8 Å². The number of pyridine rings is 1. The first-order valence-electron chi connectivity index (χ1n) is 12.1. The van der Waals surface area contributed by atoms with Crippen LogP contribution in [0.4, 0.5) is 0 Å². The van der Waals surface area contributed by atoms with Crippen LogP contribution in [0.3, 0.4) is 0 Å². The molecule has 0 aliphatic rings. The number of nitriles is 1. The minimum Gasteiger partial charge on any atom is -0.309 e. The van der Waals surface area contributed by atoms with Crippen molar-refractivity contribution < 1.29 is 0 Å². The lowest BCUT2D eigenvalue weighted by atomic mass is 9.86. The van der Waals surface area contributed by atoms with Gasteiger partial charge in [0, 0.05) is 34.4 Å². The number of aromatic nitrogens is 2. The van der Waals surface area contributed by atoms with E-state index in [9.17, 15) is 5.26 Å². The van der Waals surface area contributed by atoms with Gasteiger partial charge in [0.1, 0.15) is 0 Å². The second-order valence-electron chi connectivity index (χ2n) is 11.4. The molecule has 5 rings (SSSR count). The Morgan fingerprint density at radius 2 is 1.23 bits per heavy atom. The fraction of sp³-hybridized carbons (Fsp3) is 0.250. The zero-order valence-corrected chi connectivity index (χ0v) is 21.3. The van der Waals surface area contributed by atoms with E-state index in [1.54, 1.807) is 12.4 Å². The molecule has 0 spiro atoms. The van der Waals surface area contributed by atoms with Crippen molar-refractivity contribution in [2.24, 2.45) is 0 Å². The Bertz CT molecular complexity index is 1530. The van der Waals surface area contributed by atoms with E-state index in [1.165, 1.54) is 32.9 Å². The van der Waals surface area contributed by atoms with Crippen LogP contribution in [0.2, 0.25) is 0 Å². The number of benzene rings is 3. The highest BCUT2D eigenvalue weighted by atomic mass is 15.0. The molecule has 0 bridgehead atoms. The fourth-order valence-electron chi connectivity index (χ4n) is 4.77. The van der Waals surface area contributed by atoms with Crippen LogP contribution in [0, 0.1) is 11.3 Å². The molecule has 2 heterocycles. The standard InChI is InChI=1S/C32H31N3/c1-31(2,3)23-8-11-26-27-12-9-24(32(4,5)6)18-30(27)35(29(26)17-23)25-10-7-22(20-33)28(19-25)21-13-15-34-16-14-21/h7-19H,1-6H3. The monoisotopic (exact) mass is 457 g/mol. The van der Waals surface area contributed by atoms with Gasteiger partial charge in [0.25, 0.3) is 0 Å². The van der Waals surface area contributed by atoms with Crippen molar-refractivity contribution in [3.8, 4) is 22.9 Å². The normalized spacial score (nSPS) is 12.3. The smallest absolute Gasteiger partial charge is 0.0998 e. The van der Waals surface area contributed by atoms with E-state index in [2.05, 4.69) is 106 Å². The molecular formula is C32H31N3. The van der Waals surface area contributed by atoms with Crippen LogP contribution in [0.25, 0.3) is 38.6 Å². The maximum absolute atomic E-state index is 9.82. The quantitative estimate of drug-likeness (QED) is 0.267. The van der Waals surface area contributed by atoms with Crippen LogP contribution in [0.5, 0.6) is 0 Å². The van der Waals surface area contributed by atoms with Crippen molar-refractivity contribution >= 4 is 21.8 Å². The van der Waals surface area contributed by atoms with Gasteiger partial charge in [-0.05, 0) is 70.0 Å². The van der Waals surface area contributed by atoms with Crippen LogP contribution in [-0.4, -0.2) is 9.55 Å². The number of hydrogen-bond acceptors (Lipinski definition) is 2. The lowest BCUT2D eigenvalue weighted by molar-refractivity contribution is 0.591. The molecule has 3 nitrogen and oxygen atoms in total. The average molecular weight is 458 g/mol. The first-order valence-corrected chi connectivity index (χ1v) is 12.1. The number of rotatable bonds is 2. The molecular weight excluding hydrogens is 426 g/mol. The van der Waals surface area contributed by atoms with Crippen molar-refractivity contribution in [2.45, 2.75) is 52.4 Å². The summed E-state index contributed by atoms with van der Waals surface area (Å²) in [6.07, 6.45) is 3.55. The van der Waals surface area contributed by atoms with Gasteiger partial charge in [-0.15, -0.1) is 0 Å². The Hall–Kier alpha value is -3.90. The van der Waals surface area contributed by atoms with Crippen LogP contribution >= 0.6 is 0 Å². The zero-order chi connectivity index (χ0) is 25.0. The SMILES string of the molecule is CC(C)(C)c1ccc2c3ccc(C(C)(C)C)cc3n(-c3ccc(C#N)c(-c4ccncc4)c3)c2c1. The topological polar surface area (TPSA) is 41.6 Å². The van der Waals surface area contributed by atoms with E-state index in [0.29, 0.717) is 5.56 Å². The zero-order valence-electron chi connectivity index (χ0n) is 21.3. The molecule has 0 saturated heterocycles. The van der Waals surface area contributed by atoms with E-state index >= 15 is 0 Å². The van der Waals surface area contributed by atoms with Crippen LogP contribution < -0.4 is 0 Å². The van der Waals surface area contributed by atoms with Gasteiger partial charge in [0.15, 0.2) is 0 Å². The van der Waals surface area contributed by atoms with E-state index < -0.39 is 0 Å². The number of fused-ring (bicyclic) bond motifs is 3. The van der Waals surface area contributed by atoms with Crippen molar-refractivity contribution in [1.29, 1.82) is 5.26 Å². The summed E-state index contributed by atoms with van der Waals surface area (Å²) in [5, 5.41) is 12.3. The maximum atomic E-state index is 9.82. The predicted octanol–water partition coefficient (Wildman–Crippen LogP) is 8.31. The van der Waals surface area contributed by atoms with Crippen LogP contribution in [0.1, 0.15) is 58.2 Å². The summed E-state index contributed by atoms with van der Waals surface area (Å²) in [5.74, 6) is 0. The highest BCUT2D eigenvalue weighted by Crippen LogP contribution is 2.38.